The van der Waals surface area contributed by atoms with E-state index in [1.165, 1.54) is 12.1 Å². The topological polar surface area (TPSA) is 73.0 Å². The van der Waals surface area contributed by atoms with Gasteiger partial charge in [0.1, 0.15) is 12.4 Å². The maximum atomic E-state index is 13.9. The average Bonchev–Trinajstić information content (AvgIpc) is 2.82. The number of carbonyl (C=O) groups is 3. The van der Waals surface area contributed by atoms with Gasteiger partial charge in [0.05, 0.1) is 5.56 Å². The molecule has 1 N–H and O–H groups in total. The lowest BCUT2D eigenvalue weighted by Gasteiger charge is -2.36. The van der Waals surface area contributed by atoms with Crippen LogP contribution in [0.5, 0.6) is 0 Å². The first-order valence-corrected chi connectivity index (χ1v) is 11.7. The monoisotopic (exact) mass is 468 g/mol. The maximum absolute atomic E-state index is 13.9. The van der Waals surface area contributed by atoms with Crippen molar-refractivity contribution in [1.29, 1.82) is 0 Å². The molecule has 3 amide bonds. The molecule has 1 aliphatic rings. The van der Waals surface area contributed by atoms with Crippen molar-refractivity contribution in [2.75, 3.05) is 42.9 Å². The number of anilines is 2. The summed E-state index contributed by atoms with van der Waals surface area (Å²) < 4.78 is 13.9. The van der Waals surface area contributed by atoms with E-state index in [4.69, 9.17) is 0 Å². The molecule has 2 aromatic rings. The number of halogens is 1. The predicted octanol–water partition coefficient (Wildman–Crippen LogP) is 3.62. The molecular formula is C26H33FN4O3. The van der Waals surface area contributed by atoms with Crippen molar-refractivity contribution in [3.05, 3.63) is 59.9 Å². The Hall–Kier alpha value is -3.42. The SMILES string of the molecule is CC(C)C(=O)N(CC(=O)Nc1ccc(N2CCN(C(=O)c3ccccc3F)CC2)cc1)C(C)C. The molecule has 0 aromatic heterocycles. The van der Waals surface area contributed by atoms with Gasteiger partial charge in [-0.15, -0.1) is 0 Å². The van der Waals surface area contributed by atoms with Crippen LogP contribution >= 0.6 is 0 Å². The Morgan fingerprint density at radius 2 is 1.56 bits per heavy atom. The fraction of sp³-hybridized carbons (Fsp3) is 0.423. The number of amides is 3. The second-order valence-corrected chi connectivity index (χ2v) is 9.07. The van der Waals surface area contributed by atoms with Gasteiger partial charge in [-0.2, -0.15) is 0 Å². The molecule has 0 bridgehead atoms. The molecule has 182 valence electrons. The van der Waals surface area contributed by atoms with Gasteiger partial charge in [-0.1, -0.05) is 26.0 Å². The van der Waals surface area contributed by atoms with Crippen LogP contribution in [-0.2, 0) is 9.59 Å². The van der Waals surface area contributed by atoms with Gasteiger partial charge in [-0.3, -0.25) is 14.4 Å². The third kappa shape index (κ3) is 6.12. The van der Waals surface area contributed by atoms with Gasteiger partial charge in [0.25, 0.3) is 5.91 Å². The van der Waals surface area contributed by atoms with E-state index in [0.29, 0.717) is 31.9 Å². The van der Waals surface area contributed by atoms with Crippen LogP contribution in [0.25, 0.3) is 0 Å². The molecule has 0 aliphatic carbocycles. The summed E-state index contributed by atoms with van der Waals surface area (Å²) in [6.45, 7) is 9.71. The van der Waals surface area contributed by atoms with Crippen LogP contribution in [0.3, 0.4) is 0 Å². The Morgan fingerprint density at radius 3 is 2.12 bits per heavy atom. The normalized spacial score (nSPS) is 13.9. The number of nitrogens with zero attached hydrogens (tertiary/aromatic N) is 3. The van der Waals surface area contributed by atoms with Gasteiger partial charge in [0, 0.05) is 49.5 Å². The van der Waals surface area contributed by atoms with Gasteiger partial charge >= 0.3 is 0 Å². The third-order valence-corrected chi connectivity index (χ3v) is 5.90. The number of hydrogen-bond acceptors (Lipinski definition) is 4. The molecule has 0 spiro atoms. The van der Waals surface area contributed by atoms with Crippen molar-refractivity contribution in [3.63, 3.8) is 0 Å². The number of hydrogen-bond donors (Lipinski definition) is 1. The van der Waals surface area contributed by atoms with Crippen LogP contribution in [0.15, 0.2) is 48.5 Å². The van der Waals surface area contributed by atoms with Crippen molar-refractivity contribution in [2.24, 2.45) is 5.92 Å². The molecule has 1 heterocycles. The van der Waals surface area contributed by atoms with Crippen molar-refractivity contribution in [3.8, 4) is 0 Å². The van der Waals surface area contributed by atoms with Crippen LogP contribution in [-0.4, -0.2) is 66.3 Å². The number of nitrogens with one attached hydrogen (secondary N) is 1. The summed E-state index contributed by atoms with van der Waals surface area (Å²) in [7, 11) is 0. The van der Waals surface area contributed by atoms with E-state index in [2.05, 4.69) is 10.2 Å². The van der Waals surface area contributed by atoms with Crippen LogP contribution in [0.2, 0.25) is 0 Å². The fourth-order valence-electron chi connectivity index (χ4n) is 3.93. The van der Waals surface area contributed by atoms with E-state index in [9.17, 15) is 18.8 Å². The van der Waals surface area contributed by atoms with Gasteiger partial charge < -0.3 is 20.0 Å². The fourth-order valence-corrected chi connectivity index (χ4v) is 3.93. The second kappa shape index (κ2) is 11.1. The summed E-state index contributed by atoms with van der Waals surface area (Å²) in [6, 6.07) is 13.5. The highest BCUT2D eigenvalue weighted by molar-refractivity contribution is 5.95. The minimum atomic E-state index is -0.502. The Morgan fingerprint density at radius 1 is 0.941 bits per heavy atom. The quantitative estimate of drug-likeness (QED) is 0.674. The smallest absolute Gasteiger partial charge is 0.256 e. The standard InChI is InChI=1S/C26H33FN4O3/c1-18(2)25(33)31(19(3)4)17-24(32)28-20-9-11-21(12-10-20)29-13-15-30(16-14-29)26(34)22-7-5-6-8-23(22)27/h5-12,18-19H,13-17H2,1-4H3,(H,28,32). The summed E-state index contributed by atoms with van der Waals surface area (Å²) in [5.41, 5.74) is 1.74. The zero-order valence-electron chi connectivity index (χ0n) is 20.3. The molecule has 2 aromatic carbocycles. The first-order chi connectivity index (χ1) is 16.2. The van der Waals surface area contributed by atoms with E-state index in [1.54, 1.807) is 21.9 Å². The summed E-state index contributed by atoms with van der Waals surface area (Å²) in [4.78, 5) is 42.9. The van der Waals surface area contributed by atoms with Crippen molar-refractivity contribution < 1.29 is 18.8 Å². The van der Waals surface area contributed by atoms with E-state index in [1.807, 2.05) is 52.0 Å². The average molecular weight is 469 g/mol. The molecule has 1 fully saturated rings. The van der Waals surface area contributed by atoms with Crippen LogP contribution < -0.4 is 10.2 Å². The van der Waals surface area contributed by atoms with E-state index < -0.39 is 5.82 Å². The van der Waals surface area contributed by atoms with Gasteiger partial charge in [-0.05, 0) is 50.2 Å². The molecule has 3 rings (SSSR count). The zero-order chi connectivity index (χ0) is 24.8. The lowest BCUT2D eigenvalue weighted by atomic mass is 10.1. The minimum Gasteiger partial charge on any atom is -0.368 e. The first kappa shape index (κ1) is 25.2. The number of rotatable bonds is 7. The van der Waals surface area contributed by atoms with Gasteiger partial charge in [-0.25, -0.2) is 4.39 Å². The molecule has 1 saturated heterocycles. The Kier molecular flexibility index (Phi) is 8.26. The number of carbonyl (C=O) groups excluding carboxylic acids is 3. The third-order valence-electron chi connectivity index (χ3n) is 5.90. The molecule has 34 heavy (non-hydrogen) atoms. The predicted molar refractivity (Wildman–Crippen MR) is 131 cm³/mol. The van der Waals surface area contributed by atoms with Crippen LogP contribution in [0.1, 0.15) is 38.1 Å². The summed E-state index contributed by atoms with van der Waals surface area (Å²) >= 11 is 0. The summed E-state index contributed by atoms with van der Waals surface area (Å²) in [5.74, 6) is -1.25. The van der Waals surface area contributed by atoms with E-state index in [0.717, 1.165) is 5.69 Å². The first-order valence-electron chi connectivity index (χ1n) is 11.7. The van der Waals surface area contributed by atoms with E-state index in [-0.39, 0.29) is 41.8 Å². The Labute approximate surface area is 200 Å². The molecule has 0 atom stereocenters. The lowest BCUT2D eigenvalue weighted by molar-refractivity contribution is -0.139. The highest BCUT2D eigenvalue weighted by Gasteiger charge is 2.25. The highest BCUT2D eigenvalue weighted by atomic mass is 19.1. The van der Waals surface area contributed by atoms with Crippen LogP contribution in [0, 0.1) is 11.7 Å². The van der Waals surface area contributed by atoms with Crippen LogP contribution in [0.4, 0.5) is 15.8 Å². The molecular weight excluding hydrogens is 435 g/mol. The molecule has 0 radical (unpaired) electrons. The second-order valence-electron chi connectivity index (χ2n) is 9.07. The molecule has 0 saturated carbocycles. The zero-order valence-corrected chi connectivity index (χ0v) is 20.3. The van der Waals surface area contributed by atoms with Gasteiger partial charge in [0.2, 0.25) is 11.8 Å². The highest BCUT2D eigenvalue weighted by Crippen LogP contribution is 2.21. The summed E-state index contributed by atoms with van der Waals surface area (Å²) in [6.07, 6.45) is 0. The molecule has 7 nitrogen and oxygen atoms in total. The van der Waals surface area contributed by atoms with Gasteiger partial charge in [0.15, 0.2) is 0 Å². The number of benzene rings is 2. The largest absolute Gasteiger partial charge is 0.368 e. The molecule has 0 unspecified atom stereocenters. The minimum absolute atomic E-state index is 0.00836. The maximum Gasteiger partial charge on any atom is 0.256 e. The van der Waals surface area contributed by atoms with E-state index >= 15 is 0 Å². The van der Waals surface area contributed by atoms with Crippen molar-refractivity contribution in [1.82, 2.24) is 9.80 Å². The summed E-state index contributed by atoms with van der Waals surface area (Å²) in [5, 5.41) is 2.86. The molecule has 8 heteroatoms. The Balaban J connectivity index is 1.54. The lowest BCUT2D eigenvalue weighted by Crippen LogP contribution is -2.49. The van der Waals surface area contributed by atoms with Crippen molar-refractivity contribution >= 4 is 29.1 Å². The number of piperazine rings is 1. The molecule has 1 aliphatic heterocycles. The van der Waals surface area contributed by atoms with Crippen molar-refractivity contribution in [2.45, 2.75) is 33.7 Å². The Bertz CT molecular complexity index is 1010.